The van der Waals surface area contributed by atoms with E-state index in [-0.39, 0.29) is 0 Å². The van der Waals surface area contributed by atoms with Crippen LogP contribution < -0.4 is 5.32 Å². The van der Waals surface area contributed by atoms with Crippen LogP contribution in [0.5, 0.6) is 0 Å². The van der Waals surface area contributed by atoms with E-state index < -0.39 is 0 Å². The summed E-state index contributed by atoms with van der Waals surface area (Å²) in [6.07, 6.45) is 6.74. The van der Waals surface area contributed by atoms with Crippen molar-refractivity contribution in [2.75, 3.05) is 5.32 Å². The Hall–Kier alpha value is -2.56. The molecule has 5 nitrogen and oxygen atoms in total. The van der Waals surface area contributed by atoms with Crippen LogP contribution in [0.25, 0.3) is 5.69 Å². The van der Waals surface area contributed by atoms with Gasteiger partial charge in [0.25, 0.3) is 0 Å². The first kappa shape index (κ1) is 13.4. The summed E-state index contributed by atoms with van der Waals surface area (Å²) in [5, 5.41) is 12.1. The summed E-state index contributed by atoms with van der Waals surface area (Å²) in [5.41, 5.74) is 4.55. The Labute approximate surface area is 124 Å². The number of aryl methyl sites for hydroxylation is 2. The smallest absolute Gasteiger partial charge is 0.0671 e. The molecular weight excluding hydrogens is 262 g/mol. The fraction of sp³-hybridized carbons (Fsp3) is 0.250. The van der Waals surface area contributed by atoms with Crippen LogP contribution in [0, 0.1) is 0 Å². The first-order valence-corrected chi connectivity index (χ1v) is 7.11. The van der Waals surface area contributed by atoms with Crippen LogP contribution in [0.2, 0.25) is 0 Å². The lowest BCUT2D eigenvalue weighted by Gasteiger charge is -2.07. The predicted molar refractivity (Wildman–Crippen MR) is 83.5 cm³/mol. The fourth-order valence-corrected chi connectivity index (χ4v) is 2.38. The van der Waals surface area contributed by atoms with Gasteiger partial charge in [0.2, 0.25) is 0 Å². The number of benzene rings is 1. The van der Waals surface area contributed by atoms with E-state index in [0.29, 0.717) is 0 Å². The second-order valence-corrected chi connectivity index (χ2v) is 4.98. The van der Waals surface area contributed by atoms with E-state index in [1.165, 1.54) is 5.56 Å². The Kier molecular flexibility index (Phi) is 3.73. The molecule has 108 valence electrons. The van der Waals surface area contributed by atoms with Gasteiger partial charge in [-0.3, -0.25) is 4.68 Å². The van der Waals surface area contributed by atoms with E-state index >= 15 is 0 Å². The maximum absolute atomic E-state index is 4.45. The Morgan fingerprint density at radius 2 is 2.00 bits per heavy atom. The van der Waals surface area contributed by atoms with Gasteiger partial charge in [-0.05, 0) is 36.8 Å². The van der Waals surface area contributed by atoms with Gasteiger partial charge in [0.05, 0.1) is 11.4 Å². The van der Waals surface area contributed by atoms with Crippen LogP contribution in [0.15, 0.2) is 48.9 Å². The first-order chi connectivity index (χ1) is 10.3. The summed E-state index contributed by atoms with van der Waals surface area (Å²) in [4.78, 5) is 0. The topological polar surface area (TPSA) is 47.7 Å². The maximum Gasteiger partial charge on any atom is 0.0671 e. The maximum atomic E-state index is 4.45. The SMILES string of the molecule is CCc1nn(C)cc1CNc1ccc(-n2cccn2)cc1. The van der Waals surface area contributed by atoms with Crippen LogP contribution >= 0.6 is 0 Å². The highest BCUT2D eigenvalue weighted by molar-refractivity contribution is 5.48. The molecule has 5 heteroatoms. The molecule has 3 rings (SSSR count). The van der Waals surface area contributed by atoms with Gasteiger partial charge >= 0.3 is 0 Å². The molecule has 0 saturated carbocycles. The number of aromatic nitrogens is 4. The minimum Gasteiger partial charge on any atom is -0.381 e. The monoisotopic (exact) mass is 281 g/mol. The molecule has 0 bridgehead atoms. The molecule has 2 aromatic heterocycles. The Morgan fingerprint density at radius 3 is 2.67 bits per heavy atom. The third-order valence-electron chi connectivity index (χ3n) is 3.45. The van der Waals surface area contributed by atoms with Gasteiger partial charge in [-0.1, -0.05) is 6.92 Å². The molecule has 0 aliphatic carbocycles. The summed E-state index contributed by atoms with van der Waals surface area (Å²) < 4.78 is 3.72. The Balaban J connectivity index is 1.68. The van der Waals surface area contributed by atoms with Crippen molar-refractivity contribution < 1.29 is 0 Å². The number of rotatable bonds is 5. The highest BCUT2D eigenvalue weighted by atomic mass is 15.3. The Bertz CT molecular complexity index is 695. The number of hydrogen-bond donors (Lipinski definition) is 1. The molecule has 0 aliphatic heterocycles. The molecule has 21 heavy (non-hydrogen) atoms. The number of nitrogens with one attached hydrogen (secondary N) is 1. The van der Waals surface area contributed by atoms with E-state index in [1.54, 1.807) is 6.20 Å². The van der Waals surface area contributed by atoms with Crippen LogP contribution in [-0.2, 0) is 20.0 Å². The largest absolute Gasteiger partial charge is 0.381 e. The minimum absolute atomic E-state index is 0.790. The summed E-state index contributed by atoms with van der Waals surface area (Å²) in [5.74, 6) is 0. The van der Waals surface area contributed by atoms with Crippen LogP contribution in [0.4, 0.5) is 5.69 Å². The molecule has 0 spiro atoms. The van der Waals surface area contributed by atoms with Crippen molar-refractivity contribution in [3.8, 4) is 5.69 Å². The number of hydrogen-bond acceptors (Lipinski definition) is 3. The highest BCUT2D eigenvalue weighted by Crippen LogP contribution is 2.15. The third kappa shape index (κ3) is 2.97. The van der Waals surface area contributed by atoms with Crippen molar-refractivity contribution in [2.24, 2.45) is 7.05 Å². The standard InChI is InChI=1S/C16H19N5/c1-3-16-13(12-20(2)19-16)11-17-14-5-7-15(8-6-14)21-10-4-9-18-21/h4-10,12,17H,3,11H2,1-2H3. The van der Waals surface area contributed by atoms with Gasteiger partial charge in [0.15, 0.2) is 0 Å². The van der Waals surface area contributed by atoms with Crippen LogP contribution in [0.3, 0.4) is 0 Å². The van der Waals surface area contributed by atoms with Gasteiger partial charge in [-0.25, -0.2) is 4.68 Å². The average Bonchev–Trinajstić information content (AvgIpc) is 3.15. The lowest BCUT2D eigenvalue weighted by atomic mass is 10.2. The predicted octanol–water partition coefficient (Wildman–Crippen LogP) is 2.78. The number of anilines is 1. The molecule has 1 aromatic carbocycles. The van der Waals surface area contributed by atoms with Crippen LogP contribution in [0.1, 0.15) is 18.2 Å². The van der Waals surface area contributed by atoms with E-state index in [4.69, 9.17) is 0 Å². The van der Waals surface area contributed by atoms with Gasteiger partial charge in [-0.15, -0.1) is 0 Å². The average molecular weight is 281 g/mol. The molecule has 0 unspecified atom stereocenters. The highest BCUT2D eigenvalue weighted by Gasteiger charge is 2.05. The first-order valence-electron chi connectivity index (χ1n) is 7.11. The van der Waals surface area contributed by atoms with Crippen molar-refractivity contribution in [1.29, 1.82) is 0 Å². The van der Waals surface area contributed by atoms with E-state index in [1.807, 2.05) is 28.7 Å². The molecule has 0 saturated heterocycles. The van der Waals surface area contributed by atoms with Gasteiger partial charge < -0.3 is 5.32 Å². The van der Waals surface area contributed by atoms with E-state index in [0.717, 1.165) is 30.0 Å². The third-order valence-corrected chi connectivity index (χ3v) is 3.45. The van der Waals surface area contributed by atoms with Gasteiger partial charge in [-0.2, -0.15) is 10.2 Å². The lowest BCUT2D eigenvalue weighted by Crippen LogP contribution is -2.01. The van der Waals surface area contributed by atoms with E-state index in [9.17, 15) is 0 Å². The summed E-state index contributed by atoms with van der Waals surface area (Å²) >= 11 is 0. The zero-order valence-corrected chi connectivity index (χ0v) is 12.3. The minimum atomic E-state index is 0.790. The Morgan fingerprint density at radius 1 is 1.19 bits per heavy atom. The second kappa shape index (κ2) is 5.83. The summed E-state index contributed by atoms with van der Waals surface area (Å²) in [6, 6.07) is 10.2. The van der Waals surface area contributed by atoms with Gasteiger partial charge in [0, 0.05) is 43.4 Å². The second-order valence-electron chi connectivity index (χ2n) is 4.98. The summed E-state index contributed by atoms with van der Waals surface area (Å²) in [6.45, 7) is 2.92. The molecule has 0 atom stereocenters. The molecule has 0 fully saturated rings. The summed E-state index contributed by atoms with van der Waals surface area (Å²) in [7, 11) is 1.96. The van der Waals surface area contributed by atoms with Crippen molar-refractivity contribution in [3.05, 3.63) is 60.2 Å². The molecule has 3 aromatic rings. The quantitative estimate of drug-likeness (QED) is 0.782. The number of nitrogens with zero attached hydrogens (tertiary/aromatic N) is 4. The van der Waals surface area contributed by atoms with Crippen LogP contribution in [-0.4, -0.2) is 19.6 Å². The zero-order chi connectivity index (χ0) is 14.7. The molecule has 0 radical (unpaired) electrons. The molecule has 1 N–H and O–H groups in total. The van der Waals surface area contributed by atoms with Gasteiger partial charge in [0.1, 0.15) is 0 Å². The normalized spacial score (nSPS) is 10.8. The van der Waals surface area contributed by atoms with Crippen molar-refractivity contribution >= 4 is 5.69 Å². The molecular formula is C16H19N5. The molecule has 2 heterocycles. The van der Waals surface area contributed by atoms with Crippen molar-refractivity contribution in [1.82, 2.24) is 19.6 Å². The lowest BCUT2D eigenvalue weighted by molar-refractivity contribution is 0.746. The molecule has 0 amide bonds. The van der Waals surface area contributed by atoms with Crippen molar-refractivity contribution in [3.63, 3.8) is 0 Å². The fourth-order valence-electron chi connectivity index (χ4n) is 2.38. The zero-order valence-electron chi connectivity index (χ0n) is 12.3. The van der Waals surface area contributed by atoms with Crippen molar-refractivity contribution in [2.45, 2.75) is 19.9 Å². The van der Waals surface area contributed by atoms with E-state index in [2.05, 4.69) is 52.9 Å². The molecule has 0 aliphatic rings.